The van der Waals surface area contributed by atoms with E-state index in [4.69, 9.17) is 34.8 Å². The quantitative estimate of drug-likeness (QED) is 0.475. The zero-order valence-corrected chi connectivity index (χ0v) is 13.0. The lowest BCUT2D eigenvalue weighted by Crippen LogP contribution is -2.04. The molecule has 0 fully saturated rings. The Morgan fingerprint density at radius 2 is 1.68 bits per heavy atom. The van der Waals surface area contributed by atoms with Gasteiger partial charge in [0.1, 0.15) is 5.82 Å². The van der Waals surface area contributed by atoms with E-state index in [9.17, 15) is 9.18 Å². The van der Waals surface area contributed by atoms with Crippen molar-refractivity contribution in [2.24, 2.45) is 0 Å². The maximum absolute atomic E-state index is 13.8. The van der Waals surface area contributed by atoms with Crippen LogP contribution < -0.4 is 0 Å². The molecule has 0 N–H and O–H groups in total. The molecule has 0 unspecified atom stereocenters. The summed E-state index contributed by atoms with van der Waals surface area (Å²) in [7, 11) is 0. The second-order valence-electron chi connectivity index (χ2n) is 3.70. The molecule has 0 radical (unpaired) electrons. The molecule has 0 spiro atoms. The lowest BCUT2D eigenvalue weighted by molar-refractivity contribution is 0.103. The van der Waals surface area contributed by atoms with E-state index in [1.54, 1.807) is 0 Å². The smallest absolute Gasteiger partial charge is 0.196 e. The summed E-state index contributed by atoms with van der Waals surface area (Å²) in [4.78, 5) is 12.2. The molecule has 0 heterocycles. The summed E-state index contributed by atoms with van der Waals surface area (Å²) in [6, 6.07) is 6.77. The minimum Gasteiger partial charge on any atom is -0.288 e. The first-order valence-electron chi connectivity index (χ1n) is 5.04. The number of hydrogen-bond acceptors (Lipinski definition) is 1. The van der Waals surface area contributed by atoms with Gasteiger partial charge in [-0.2, -0.15) is 0 Å². The van der Waals surface area contributed by atoms with Crippen LogP contribution in [0.5, 0.6) is 0 Å². The lowest BCUT2D eigenvalue weighted by atomic mass is 10.0. The van der Waals surface area contributed by atoms with E-state index in [2.05, 4.69) is 15.9 Å². The molecule has 1 nitrogen and oxygen atoms in total. The third kappa shape index (κ3) is 3.11. The average Bonchev–Trinajstić information content (AvgIpc) is 2.36. The van der Waals surface area contributed by atoms with Gasteiger partial charge >= 0.3 is 0 Å². The van der Waals surface area contributed by atoms with Crippen LogP contribution in [-0.2, 0) is 0 Å². The molecule has 6 heteroatoms. The van der Waals surface area contributed by atoms with E-state index < -0.39 is 11.6 Å². The van der Waals surface area contributed by atoms with E-state index in [1.165, 1.54) is 24.3 Å². The largest absolute Gasteiger partial charge is 0.288 e. The van der Waals surface area contributed by atoms with Crippen molar-refractivity contribution in [2.75, 3.05) is 0 Å². The van der Waals surface area contributed by atoms with E-state index in [-0.39, 0.29) is 21.2 Å². The maximum Gasteiger partial charge on any atom is 0.196 e. The first-order chi connectivity index (χ1) is 8.90. The third-order valence-electron chi connectivity index (χ3n) is 2.44. The van der Waals surface area contributed by atoms with Crippen LogP contribution in [0.1, 0.15) is 15.9 Å². The van der Waals surface area contributed by atoms with Crippen molar-refractivity contribution >= 4 is 56.5 Å². The van der Waals surface area contributed by atoms with E-state index >= 15 is 0 Å². The topological polar surface area (TPSA) is 17.1 Å². The summed E-state index contributed by atoms with van der Waals surface area (Å²) in [6.07, 6.45) is 0. The summed E-state index contributed by atoms with van der Waals surface area (Å²) in [5.74, 6) is -1.17. The molecule has 0 amide bonds. The molecule has 98 valence electrons. The van der Waals surface area contributed by atoms with Crippen molar-refractivity contribution in [3.63, 3.8) is 0 Å². The van der Waals surface area contributed by atoms with Gasteiger partial charge in [0.15, 0.2) is 5.78 Å². The van der Waals surface area contributed by atoms with Crippen LogP contribution in [0.25, 0.3) is 0 Å². The van der Waals surface area contributed by atoms with Crippen LogP contribution in [0, 0.1) is 5.82 Å². The van der Waals surface area contributed by atoms with Crippen LogP contribution in [0.3, 0.4) is 0 Å². The van der Waals surface area contributed by atoms with Crippen molar-refractivity contribution in [3.05, 3.63) is 66.8 Å². The van der Waals surface area contributed by atoms with Gasteiger partial charge in [-0.1, -0.05) is 34.8 Å². The number of carbonyl (C=O) groups excluding carboxylic acids is 1. The highest BCUT2D eigenvalue weighted by atomic mass is 79.9. The number of rotatable bonds is 2. The Kier molecular flexibility index (Phi) is 4.51. The maximum atomic E-state index is 13.8. The van der Waals surface area contributed by atoms with Gasteiger partial charge in [-0.3, -0.25) is 4.79 Å². The summed E-state index contributed by atoms with van der Waals surface area (Å²) < 4.78 is 14.2. The highest BCUT2D eigenvalue weighted by molar-refractivity contribution is 9.10. The Balaban J connectivity index is 2.49. The Hall–Kier alpha value is -0.610. The molecule has 0 saturated heterocycles. The molecule has 2 rings (SSSR count). The van der Waals surface area contributed by atoms with Crippen molar-refractivity contribution in [3.8, 4) is 0 Å². The second-order valence-corrected chi connectivity index (χ2v) is 5.78. The van der Waals surface area contributed by atoms with Crippen molar-refractivity contribution in [2.45, 2.75) is 0 Å². The summed E-state index contributed by atoms with van der Waals surface area (Å²) in [5.41, 5.74) is 0.123. The van der Waals surface area contributed by atoms with Gasteiger partial charge in [0.05, 0.1) is 20.6 Å². The predicted molar refractivity (Wildman–Crippen MR) is 79.0 cm³/mol. The second kappa shape index (κ2) is 5.80. The molecule has 0 atom stereocenters. The van der Waals surface area contributed by atoms with Gasteiger partial charge < -0.3 is 0 Å². The molecule has 0 saturated carbocycles. The van der Waals surface area contributed by atoms with Crippen molar-refractivity contribution in [1.29, 1.82) is 0 Å². The van der Waals surface area contributed by atoms with Crippen molar-refractivity contribution < 1.29 is 9.18 Å². The van der Waals surface area contributed by atoms with Crippen LogP contribution in [-0.4, -0.2) is 5.78 Å². The number of carbonyl (C=O) groups is 1. The highest BCUT2D eigenvalue weighted by Gasteiger charge is 2.17. The minimum absolute atomic E-state index is 0.119. The van der Waals surface area contributed by atoms with Crippen LogP contribution >= 0.6 is 50.7 Å². The van der Waals surface area contributed by atoms with Gasteiger partial charge in [-0.05, 0) is 46.3 Å². The first-order valence-corrected chi connectivity index (χ1v) is 6.97. The van der Waals surface area contributed by atoms with E-state index in [1.807, 2.05) is 0 Å². The molecule has 0 aliphatic heterocycles. The standard InChI is InChI=1S/C13H5BrCl3FO/c14-8-5-12(18)7(4-10(8)16)13(19)6-1-2-9(15)11(17)3-6/h1-5H. The summed E-state index contributed by atoms with van der Waals surface area (Å²) >= 11 is 20.5. The SMILES string of the molecule is O=C(c1ccc(Cl)c(Cl)c1)c1cc(Cl)c(Br)cc1F. The van der Waals surface area contributed by atoms with E-state index in [0.717, 1.165) is 6.07 Å². The lowest BCUT2D eigenvalue weighted by Gasteiger charge is -2.06. The van der Waals surface area contributed by atoms with Crippen LogP contribution in [0.2, 0.25) is 15.1 Å². The zero-order chi connectivity index (χ0) is 14.2. The molecule has 2 aromatic carbocycles. The summed E-state index contributed by atoms with van der Waals surface area (Å²) in [6.45, 7) is 0. The molecular weight excluding hydrogens is 377 g/mol. The normalized spacial score (nSPS) is 10.6. The molecule has 0 aromatic heterocycles. The average molecular weight is 382 g/mol. The monoisotopic (exact) mass is 380 g/mol. The summed E-state index contributed by atoms with van der Waals surface area (Å²) in [5, 5.41) is 0.813. The van der Waals surface area contributed by atoms with Crippen LogP contribution in [0.4, 0.5) is 4.39 Å². The van der Waals surface area contributed by atoms with Crippen LogP contribution in [0.15, 0.2) is 34.8 Å². The van der Waals surface area contributed by atoms with Crippen molar-refractivity contribution in [1.82, 2.24) is 0 Å². The highest BCUT2D eigenvalue weighted by Crippen LogP contribution is 2.28. The van der Waals surface area contributed by atoms with Gasteiger partial charge in [0.25, 0.3) is 0 Å². The molecule has 0 aliphatic carbocycles. The van der Waals surface area contributed by atoms with E-state index in [0.29, 0.717) is 9.50 Å². The fraction of sp³-hybridized carbons (Fsp3) is 0. The molecule has 0 aliphatic rings. The zero-order valence-electron chi connectivity index (χ0n) is 9.18. The molecule has 0 bridgehead atoms. The van der Waals surface area contributed by atoms with Gasteiger partial charge in [-0.15, -0.1) is 0 Å². The number of halogens is 5. The number of benzene rings is 2. The fourth-order valence-electron chi connectivity index (χ4n) is 1.49. The number of hydrogen-bond donors (Lipinski definition) is 0. The fourth-order valence-corrected chi connectivity index (χ4v) is 2.27. The van der Waals surface area contributed by atoms with Gasteiger partial charge in [0, 0.05) is 10.0 Å². The Morgan fingerprint density at radius 1 is 1.00 bits per heavy atom. The molecular formula is C13H5BrCl3FO. The number of ketones is 1. The Bertz CT molecular complexity index is 673. The third-order valence-corrected chi connectivity index (χ3v) is 4.37. The molecule has 2 aromatic rings. The minimum atomic E-state index is -0.660. The first kappa shape index (κ1) is 14.8. The van der Waals surface area contributed by atoms with Gasteiger partial charge in [0.2, 0.25) is 0 Å². The Labute approximate surface area is 132 Å². The molecule has 19 heavy (non-hydrogen) atoms. The van der Waals surface area contributed by atoms with Gasteiger partial charge in [-0.25, -0.2) is 4.39 Å². The predicted octanol–water partition coefficient (Wildman–Crippen LogP) is 5.78. The Morgan fingerprint density at radius 3 is 2.32 bits per heavy atom.